The Morgan fingerprint density at radius 2 is 1.93 bits per heavy atom. The maximum absolute atomic E-state index is 15.5. The van der Waals surface area contributed by atoms with Crippen molar-refractivity contribution in [3.8, 4) is 0 Å². The topological polar surface area (TPSA) is 89.6 Å². The maximum Gasteiger partial charge on any atom is 0.304 e. The summed E-state index contributed by atoms with van der Waals surface area (Å²) in [5, 5.41) is 2.86. The van der Waals surface area contributed by atoms with E-state index in [0.717, 1.165) is 19.1 Å². The molecule has 1 amide bonds. The van der Waals surface area contributed by atoms with Crippen LogP contribution in [0.2, 0.25) is 5.02 Å². The fourth-order valence-corrected chi connectivity index (χ4v) is 3.34. The molecule has 0 saturated heterocycles. The third-order valence-electron chi connectivity index (χ3n) is 5.02. The van der Waals surface area contributed by atoms with Gasteiger partial charge in [-0.3, -0.25) is 9.79 Å². The van der Waals surface area contributed by atoms with Crippen LogP contribution in [-0.2, 0) is 10.3 Å². The lowest BCUT2D eigenvalue weighted by Crippen LogP contribution is -2.56. The molecule has 10 heteroatoms. The second-order valence-corrected chi connectivity index (χ2v) is 8.00. The molecule has 1 aliphatic heterocycles. The van der Waals surface area contributed by atoms with Gasteiger partial charge < -0.3 is 15.8 Å². The Morgan fingerprint density at radius 3 is 2.57 bits per heavy atom. The van der Waals surface area contributed by atoms with E-state index in [2.05, 4.69) is 15.3 Å². The number of halogens is 4. The number of nitrogens with zero attached hydrogens (tertiary/aromatic N) is 2. The van der Waals surface area contributed by atoms with Crippen LogP contribution >= 0.6 is 11.6 Å². The highest BCUT2D eigenvalue weighted by Gasteiger charge is 2.63. The van der Waals surface area contributed by atoms with E-state index < -0.39 is 34.4 Å². The fraction of sp³-hybridized carbons (Fsp3) is 0.350. The molecule has 0 saturated carbocycles. The van der Waals surface area contributed by atoms with Crippen LogP contribution in [0.4, 0.5) is 18.9 Å². The van der Waals surface area contributed by atoms with Crippen molar-refractivity contribution in [2.45, 2.75) is 37.8 Å². The Hall–Kier alpha value is -2.65. The lowest BCUT2D eigenvalue weighted by atomic mass is 9.78. The number of hydrogen-bond acceptors (Lipinski definition) is 5. The van der Waals surface area contributed by atoms with Crippen LogP contribution in [0, 0.1) is 5.82 Å². The number of ether oxygens (including phenoxy) is 1. The first-order chi connectivity index (χ1) is 13.9. The highest BCUT2D eigenvalue weighted by atomic mass is 35.5. The highest BCUT2D eigenvalue weighted by Crippen LogP contribution is 2.50. The number of aromatic nitrogens is 1. The summed E-state index contributed by atoms with van der Waals surface area (Å²) in [4.78, 5) is 20.2. The summed E-state index contributed by atoms with van der Waals surface area (Å²) in [6, 6.07) is 6.21. The Balaban J connectivity index is 2.04. The zero-order valence-electron chi connectivity index (χ0n) is 16.5. The molecule has 1 aliphatic rings. The van der Waals surface area contributed by atoms with Crippen molar-refractivity contribution < 1.29 is 22.7 Å². The zero-order chi connectivity index (χ0) is 22.3. The van der Waals surface area contributed by atoms with Crippen molar-refractivity contribution in [2.75, 3.05) is 11.9 Å². The van der Waals surface area contributed by atoms with Crippen LogP contribution in [0.15, 0.2) is 41.5 Å². The van der Waals surface area contributed by atoms with Gasteiger partial charge in [0, 0.05) is 17.4 Å². The van der Waals surface area contributed by atoms with Gasteiger partial charge in [0.2, 0.25) is 0 Å². The summed E-state index contributed by atoms with van der Waals surface area (Å²) < 4.78 is 50.9. The first-order valence-electron chi connectivity index (χ1n) is 8.96. The number of nitrogens with one attached hydrogen (secondary N) is 1. The van der Waals surface area contributed by atoms with Crippen molar-refractivity contribution in [1.29, 1.82) is 0 Å². The van der Waals surface area contributed by atoms with Gasteiger partial charge in [0.05, 0.1) is 5.02 Å². The number of pyridine rings is 1. The number of amides is 1. The minimum atomic E-state index is -3.64. The second-order valence-electron chi connectivity index (χ2n) is 7.56. The van der Waals surface area contributed by atoms with Crippen LogP contribution in [-0.4, -0.2) is 34.9 Å². The van der Waals surface area contributed by atoms with Gasteiger partial charge in [-0.2, -0.15) is 0 Å². The van der Waals surface area contributed by atoms with Crippen molar-refractivity contribution >= 4 is 29.0 Å². The van der Waals surface area contributed by atoms with Crippen molar-refractivity contribution in [3.05, 3.63) is 58.6 Å². The monoisotopic (exact) mass is 440 g/mol. The second kappa shape index (κ2) is 7.55. The third kappa shape index (κ3) is 3.75. The van der Waals surface area contributed by atoms with E-state index in [0.29, 0.717) is 5.02 Å². The average Bonchev–Trinajstić information content (AvgIpc) is 2.73. The largest absolute Gasteiger partial charge is 0.385 e. The average molecular weight is 441 g/mol. The molecule has 0 aliphatic carbocycles. The van der Waals surface area contributed by atoms with Crippen molar-refractivity contribution in [1.82, 2.24) is 4.98 Å². The molecule has 0 fully saturated rings. The minimum Gasteiger partial charge on any atom is -0.385 e. The number of amidine groups is 1. The van der Waals surface area contributed by atoms with Gasteiger partial charge in [-0.1, -0.05) is 11.6 Å². The molecule has 30 heavy (non-hydrogen) atoms. The summed E-state index contributed by atoms with van der Waals surface area (Å²) in [5.74, 6) is -5.37. The first kappa shape index (κ1) is 22.0. The SMILES string of the molecule is CC1(C)OCC(N)=N[C@](C)(c2cc(NC(=O)c3ccc(Cl)cn3)ccc2F)C1(F)F. The molecule has 0 unspecified atom stereocenters. The number of nitrogens with two attached hydrogens (primary N) is 1. The number of anilines is 1. The minimum absolute atomic E-state index is 0.0491. The summed E-state index contributed by atoms with van der Waals surface area (Å²) in [5.41, 5.74) is 1.07. The van der Waals surface area contributed by atoms with Crippen LogP contribution < -0.4 is 11.1 Å². The maximum atomic E-state index is 15.5. The summed E-state index contributed by atoms with van der Waals surface area (Å²) in [6.45, 7) is 3.14. The lowest BCUT2D eigenvalue weighted by Gasteiger charge is -2.42. The molecular formula is C20H20ClF3N4O2. The van der Waals surface area contributed by atoms with Gasteiger partial charge in [0.15, 0.2) is 5.54 Å². The van der Waals surface area contributed by atoms with Gasteiger partial charge in [0.25, 0.3) is 5.91 Å². The molecule has 0 bridgehead atoms. The normalized spacial score (nSPS) is 22.7. The molecule has 3 N–H and O–H groups in total. The smallest absolute Gasteiger partial charge is 0.304 e. The quantitative estimate of drug-likeness (QED) is 0.750. The molecule has 1 aromatic carbocycles. The van der Waals surface area contributed by atoms with E-state index in [1.165, 1.54) is 38.2 Å². The first-order valence-corrected chi connectivity index (χ1v) is 9.34. The molecule has 0 spiro atoms. The number of hydrogen-bond donors (Lipinski definition) is 2. The molecule has 6 nitrogen and oxygen atoms in total. The molecule has 2 heterocycles. The van der Waals surface area contributed by atoms with Gasteiger partial charge in [-0.05, 0) is 51.1 Å². The van der Waals surface area contributed by atoms with E-state index in [-0.39, 0.29) is 23.8 Å². The highest BCUT2D eigenvalue weighted by molar-refractivity contribution is 6.30. The molecule has 1 atom stereocenters. The fourth-order valence-electron chi connectivity index (χ4n) is 3.23. The number of rotatable bonds is 3. The van der Waals surface area contributed by atoms with Crippen LogP contribution in [0.1, 0.15) is 36.8 Å². The van der Waals surface area contributed by atoms with Crippen LogP contribution in [0.25, 0.3) is 0 Å². The van der Waals surface area contributed by atoms with Crippen molar-refractivity contribution in [3.63, 3.8) is 0 Å². The van der Waals surface area contributed by atoms with Gasteiger partial charge in [0.1, 0.15) is 29.6 Å². The molecular weight excluding hydrogens is 421 g/mol. The van der Waals surface area contributed by atoms with Gasteiger partial charge in [-0.25, -0.2) is 18.2 Å². The van der Waals surface area contributed by atoms with Gasteiger partial charge >= 0.3 is 5.92 Å². The molecule has 0 radical (unpaired) electrons. The van der Waals surface area contributed by atoms with Crippen molar-refractivity contribution in [2.24, 2.45) is 10.7 Å². The van der Waals surface area contributed by atoms with E-state index in [9.17, 15) is 9.18 Å². The molecule has 2 aromatic rings. The van der Waals surface area contributed by atoms with E-state index in [1.807, 2.05) is 0 Å². The van der Waals surface area contributed by atoms with Gasteiger partial charge in [-0.15, -0.1) is 0 Å². The third-order valence-corrected chi connectivity index (χ3v) is 5.25. The Bertz CT molecular complexity index is 1010. The predicted molar refractivity (Wildman–Crippen MR) is 108 cm³/mol. The number of carbonyl (C=O) groups excluding carboxylic acids is 1. The zero-order valence-corrected chi connectivity index (χ0v) is 17.2. The Kier molecular flexibility index (Phi) is 5.55. The Labute approximate surface area is 176 Å². The van der Waals surface area contributed by atoms with Crippen LogP contribution in [0.3, 0.4) is 0 Å². The molecule has 3 rings (SSSR count). The van der Waals surface area contributed by atoms with E-state index >= 15 is 8.78 Å². The number of alkyl halides is 2. The number of aliphatic imine (C=N–C) groups is 1. The number of benzene rings is 1. The summed E-state index contributed by atoms with van der Waals surface area (Å²) in [7, 11) is 0. The lowest BCUT2D eigenvalue weighted by molar-refractivity contribution is -0.214. The molecule has 160 valence electrons. The predicted octanol–water partition coefficient (Wildman–Crippen LogP) is 4.14. The van der Waals surface area contributed by atoms with E-state index in [4.69, 9.17) is 22.1 Å². The Morgan fingerprint density at radius 1 is 1.23 bits per heavy atom. The summed E-state index contributed by atoms with van der Waals surface area (Å²) >= 11 is 5.75. The number of carbonyl (C=O) groups is 1. The summed E-state index contributed by atoms with van der Waals surface area (Å²) in [6.07, 6.45) is 1.29. The molecule has 1 aromatic heterocycles. The standard InChI is InChI=1S/C20H20ClF3N4O2/c1-18(2)20(23,24)19(3,28-16(25)10-30-18)13-8-12(5-6-14(13)22)27-17(29)15-7-4-11(21)9-26-15/h4-9H,10H2,1-3H3,(H2,25,28)(H,27,29)/t19-/m1/s1. The van der Waals surface area contributed by atoms with E-state index in [1.54, 1.807) is 0 Å². The van der Waals surface area contributed by atoms with Crippen LogP contribution in [0.5, 0.6) is 0 Å².